The molecule has 0 bridgehead atoms. The second-order valence-corrected chi connectivity index (χ2v) is 12.0. The average Bonchev–Trinajstić information content (AvgIpc) is 3.44. The van der Waals surface area contributed by atoms with Crippen molar-refractivity contribution in [2.75, 3.05) is 4.90 Å². The maximum absolute atomic E-state index is 2.41. The first-order valence-electron chi connectivity index (χ1n) is 14.4. The van der Waals surface area contributed by atoms with Gasteiger partial charge < -0.3 is 4.90 Å². The fraction of sp³-hybridized carbons (Fsp3) is 0. The summed E-state index contributed by atoms with van der Waals surface area (Å²) in [7, 11) is 0. The molecular formula is C40H25NS. The first-order valence-corrected chi connectivity index (χ1v) is 15.2. The Balaban J connectivity index is 1.29. The van der Waals surface area contributed by atoms with Crippen molar-refractivity contribution in [2.45, 2.75) is 0 Å². The van der Waals surface area contributed by atoms with E-state index in [4.69, 9.17) is 0 Å². The van der Waals surface area contributed by atoms with Crippen LogP contribution >= 0.6 is 11.3 Å². The summed E-state index contributed by atoms with van der Waals surface area (Å²) in [4.78, 5) is 2.41. The van der Waals surface area contributed by atoms with Crippen LogP contribution in [0.5, 0.6) is 0 Å². The van der Waals surface area contributed by atoms with E-state index in [1.807, 2.05) is 11.3 Å². The van der Waals surface area contributed by atoms with Crippen LogP contribution in [0.2, 0.25) is 0 Å². The Morgan fingerprint density at radius 3 is 2.00 bits per heavy atom. The number of thiophene rings is 1. The van der Waals surface area contributed by atoms with Crippen molar-refractivity contribution < 1.29 is 0 Å². The Labute approximate surface area is 247 Å². The van der Waals surface area contributed by atoms with E-state index >= 15 is 0 Å². The molecule has 0 N–H and O–H groups in total. The molecule has 8 aromatic carbocycles. The lowest BCUT2D eigenvalue weighted by molar-refractivity contribution is 1.31. The van der Waals surface area contributed by atoms with Gasteiger partial charge >= 0.3 is 0 Å². The van der Waals surface area contributed by atoms with E-state index in [2.05, 4.69) is 157 Å². The Kier molecular flexibility index (Phi) is 5.13. The van der Waals surface area contributed by atoms with Gasteiger partial charge in [-0.2, -0.15) is 0 Å². The van der Waals surface area contributed by atoms with Crippen molar-refractivity contribution in [3.63, 3.8) is 0 Å². The maximum Gasteiger partial charge on any atom is 0.0640 e. The lowest BCUT2D eigenvalue weighted by Gasteiger charge is -2.26. The highest BCUT2D eigenvalue weighted by Gasteiger charge is 2.18. The standard InChI is InChI=1S/C40H25NS/c1-2-10-29(11-3-1)41(37-15-8-14-36-34-13-6-7-16-38(34)42-40(36)37)30-21-24-31-28(25-30)20-23-35-33(31)22-19-27-18-17-26-9-4-5-12-32(26)39(27)35/h1-25H. The molecule has 9 rings (SSSR count). The number of rotatable bonds is 3. The SMILES string of the molecule is c1ccc(N(c2ccc3c(ccc4c3ccc3ccc5ccccc5c34)c2)c2cccc3c2sc2ccccc23)cc1. The zero-order chi connectivity index (χ0) is 27.6. The minimum atomic E-state index is 1.15. The highest BCUT2D eigenvalue weighted by Crippen LogP contribution is 2.45. The van der Waals surface area contributed by atoms with Crippen molar-refractivity contribution in [3.8, 4) is 0 Å². The monoisotopic (exact) mass is 551 g/mol. The molecule has 0 spiro atoms. The van der Waals surface area contributed by atoms with Crippen LogP contribution < -0.4 is 4.90 Å². The number of hydrogen-bond acceptors (Lipinski definition) is 2. The van der Waals surface area contributed by atoms with Crippen LogP contribution in [0.4, 0.5) is 17.1 Å². The van der Waals surface area contributed by atoms with Gasteiger partial charge in [-0.25, -0.2) is 0 Å². The lowest BCUT2D eigenvalue weighted by atomic mass is 9.93. The fourth-order valence-electron chi connectivity index (χ4n) is 6.69. The van der Waals surface area contributed by atoms with Crippen LogP contribution in [-0.4, -0.2) is 0 Å². The normalized spacial score (nSPS) is 11.8. The molecule has 196 valence electrons. The van der Waals surface area contributed by atoms with E-state index in [0.29, 0.717) is 0 Å². The molecule has 0 atom stereocenters. The Morgan fingerprint density at radius 1 is 0.381 bits per heavy atom. The number of nitrogens with zero attached hydrogens (tertiary/aromatic N) is 1. The maximum atomic E-state index is 2.41. The second-order valence-electron chi connectivity index (χ2n) is 10.9. The molecule has 0 aliphatic rings. The topological polar surface area (TPSA) is 3.24 Å². The van der Waals surface area contributed by atoms with Crippen molar-refractivity contribution in [1.82, 2.24) is 0 Å². The van der Waals surface area contributed by atoms with Gasteiger partial charge in [-0.3, -0.25) is 0 Å². The molecule has 42 heavy (non-hydrogen) atoms. The molecule has 1 heterocycles. The minimum Gasteiger partial charge on any atom is -0.309 e. The van der Waals surface area contributed by atoms with Crippen LogP contribution in [0.3, 0.4) is 0 Å². The van der Waals surface area contributed by atoms with Gasteiger partial charge in [-0.15, -0.1) is 11.3 Å². The van der Waals surface area contributed by atoms with Crippen molar-refractivity contribution >= 4 is 91.7 Å². The van der Waals surface area contributed by atoms with Crippen LogP contribution in [0.1, 0.15) is 0 Å². The Morgan fingerprint density at radius 2 is 1.07 bits per heavy atom. The summed E-state index contributed by atoms with van der Waals surface area (Å²) >= 11 is 1.87. The summed E-state index contributed by atoms with van der Waals surface area (Å²) in [5.74, 6) is 0. The molecule has 0 radical (unpaired) electrons. The molecule has 1 aromatic heterocycles. The summed E-state index contributed by atoms with van der Waals surface area (Å²) in [5.41, 5.74) is 3.52. The van der Waals surface area contributed by atoms with E-state index in [-0.39, 0.29) is 0 Å². The van der Waals surface area contributed by atoms with Crippen molar-refractivity contribution in [2.24, 2.45) is 0 Å². The van der Waals surface area contributed by atoms with Crippen LogP contribution in [-0.2, 0) is 0 Å². The summed E-state index contributed by atoms with van der Waals surface area (Å²) < 4.78 is 2.62. The number of hydrogen-bond donors (Lipinski definition) is 0. The third-order valence-corrected chi connectivity index (χ3v) is 9.81. The predicted molar refractivity (Wildman–Crippen MR) is 184 cm³/mol. The average molecular weight is 552 g/mol. The highest BCUT2D eigenvalue weighted by atomic mass is 32.1. The third-order valence-electron chi connectivity index (χ3n) is 8.60. The number of anilines is 3. The Hall–Kier alpha value is -5.18. The molecular weight excluding hydrogens is 527 g/mol. The second kappa shape index (κ2) is 9.17. The number of benzene rings is 8. The van der Waals surface area contributed by atoms with Gasteiger partial charge in [-0.1, -0.05) is 115 Å². The van der Waals surface area contributed by atoms with Crippen LogP contribution in [0.15, 0.2) is 152 Å². The smallest absolute Gasteiger partial charge is 0.0640 e. The number of para-hydroxylation sites is 1. The van der Waals surface area contributed by atoms with E-state index in [1.54, 1.807) is 0 Å². The van der Waals surface area contributed by atoms with Gasteiger partial charge in [0.15, 0.2) is 0 Å². The van der Waals surface area contributed by atoms with Gasteiger partial charge in [0.05, 0.1) is 10.4 Å². The van der Waals surface area contributed by atoms with Crippen LogP contribution in [0, 0.1) is 0 Å². The molecule has 2 heteroatoms. The summed E-state index contributed by atoms with van der Waals surface area (Å²) in [6.07, 6.45) is 0. The van der Waals surface area contributed by atoms with Gasteiger partial charge in [0.25, 0.3) is 0 Å². The quantitative estimate of drug-likeness (QED) is 0.197. The van der Waals surface area contributed by atoms with E-state index in [0.717, 1.165) is 11.4 Å². The summed E-state index contributed by atoms with van der Waals surface area (Å²) in [6.45, 7) is 0. The van der Waals surface area contributed by atoms with E-state index in [1.165, 1.54) is 68.9 Å². The zero-order valence-corrected chi connectivity index (χ0v) is 23.6. The molecule has 0 aliphatic carbocycles. The lowest BCUT2D eigenvalue weighted by Crippen LogP contribution is -2.09. The van der Waals surface area contributed by atoms with Gasteiger partial charge in [0, 0.05) is 26.8 Å². The third kappa shape index (κ3) is 3.49. The fourth-order valence-corrected chi connectivity index (χ4v) is 7.90. The molecule has 0 aliphatic heterocycles. The summed E-state index contributed by atoms with van der Waals surface area (Å²) in [6, 6.07) is 55.5. The molecule has 0 unspecified atom stereocenters. The molecule has 0 saturated carbocycles. The molecule has 0 amide bonds. The predicted octanol–water partition coefficient (Wildman–Crippen LogP) is 12.1. The molecule has 0 fully saturated rings. The first kappa shape index (κ1) is 23.5. The van der Waals surface area contributed by atoms with Gasteiger partial charge in [0.1, 0.15) is 0 Å². The van der Waals surface area contributed by atoms with E-state index in [9.17, 15) is 0 Å². The van der Waals surface area contributed by atoms with Crippen molar-refractivity contribution in [1.29, 1.82) is 0 Å². The molecule has 0 saturated heterocycles. The van der Waals surface area contributed by atoms with E-state index < -0.39 is 0 Å². The minimum absolute atomic E-state index is 1.15. The largest absolute Gasteiger partial charge is 0.309 e. The molecule has 9 aromatic rings. The van der Waals surface area contributed by atoms with Gasteiger partial charge in [0.2, 0.25) is 0 Å². The zero-order valence-electron chi connectivity index (χ0n) is 22.8. The summed E-state index contributed by atoms with van der Waals surface area (Å²) in [5, 5.41) is 12.9. The number of fused-ring (bicyclic) bond motifs is 10. The van der Waals surface area contributed by atoms with Crippen LogP contribution in [0.25, 0.3) is 63.3 Å². The highest BCUT2D eigenvalue weighted by molar-refractivity contribution is 7.26. The van der Waals surface area contributed by atoms with Crippen molar-refractivity contribution in [3.05, 3.63) is 152 Å². The molecule has 1 nitrogen and oxygen atoms in total. The van der Waals surface area contributed by atoms with Gasteiger partial charge in [-0.05, 0) is 79.5 Å². The first-order chi connectivity index (χ1) is 20.8. The Bertz CT molecular complexity index is 2470.